The van der Waals surface area contributed by atoms with Crippen molar-refractivity contribution < 1.29 is 13.2 Å². The molecule has 0 aromatic heterocycles. The summed E-state index contributed by atoms with van der Waals surface area (Å²) in [5.74, 6) is -0.373. The molecule has 0 saturated heterocycles. The molecule has 0 aliphatic heterocycles. The number of hydrogen-bond acceptors (Lipinski definition) is 4. The number of likely N-dealkylation sites (N-methyl/N-ethyl adjacent to an activating group) is 1. The highest BCUT2D eigenvalue weighted by Crippen LogP contribution is 2.15. The molecule has 1 aromatic rings. The molecule has 0 fully saturated rings. The Kier molecular flexibility index (Phi) is 4.69. The van der Waals surface area contributed by atoms with Crippen LogP contribution >= 0.6 is 0 Å². The lowest BCUT2D eigenvalue weighted by Crippen LogP contribution is -2.36. The first kappa shape index (κ1) is 14.5. The average molecular weight is 271 g/mol. The fourth-order valence-electron chi connectivity index (χ4n) is 1.44. The highest BCUT2D eigenvalue weighted by Gasteiger charge is 2.15. The van der Waals surface area contributed by atoms with Gasteiger partial charge in [0, 0.05) is 12.2 Å². The van der Waals surface area contributed by atoms with Gasteiger partial charge >= 0.3 is 0 Å². The van der Waals surface area contributed by atoms with Crippen LogP contribution in [0.2, 0.25) is 0 Å². The number of carbonyl (C=O) groups excluding carboxylic acids is 1. The fraction of sp³-hybridized carbons (Fsp3) is 0.364. The second-order valence-corrected chi connectivity index (χ2v) is 5.62. The Hall–Kier alpha value is -1.60. The van der Waals surface area contributed by atoms with E-state index in [2.05, 4.69) is 10.0 Å². The number of nitrogen functional groups attached to an aromatic ring is 1. The summed E-state index contributed by atoms with van der Waals surface area (Å²) in [5, 5.41) is 2.50. The van der Waals surface area contributed by atoms with Crippen molar-refractivity contribution in [1.82, 2.24) is 10.0 Å². The zero-order chi connectivity index (χ0) is 13.8. The molecule has 0 aliphatic rings. The Bertz CT molecular complexity index is 520. The Morgan fingerprint density at radius 1 is 1.33 bits per heavy atom. The van der Waals surface area contributed by atoms with Crippen LogP contribution in [-0.2, 0) is 14.8 Å². The van der Waals surface area contributed by atoms with Gasteiger partial charge in [0.15, 0.2) is 0 Å². The van der Waals surface area contributed by atoms with Crippen LogP contribution in [0, 0.1) is 6.92 Å². The number of aryl methyl sites for hydroxylation is 1. The third-order valence-electron chi connectivity index (χ3n) is 2.18. The number of anilines is 1. The van der Waals surface area contributed by atoms with E-state index in [1.807, 2.05) is 0 Å². The molecule has 4 N–H and O–H groups in total. The molecule has 0 bridgehead atoms. The minimum absolute atomic E-state index is 0.0595. The maximum Gasteiger partial charge on any atom is 0.241 e. The molecule has 0 unspecified atom stereocenters. The van der Waals surface area contributed by atoms with Crippen molar-refractivity contribution in [3.8, 4) is 0 Å². The summed E-state index contributed by atoms with van der Waals surface area (Å²) in [6.45, 7) is 3.68. The summed E-state index contributed by atoms with van der Waals surface area (Å²) in [6, 6.07) is 4.52. The van der Waals surface area contributed by atoms with E-state index >= 15 is 0 Å². The third kappa shape index (κ3) is 4.01. The summed E-state index contributed by atoms with van der Waals surface area (Å²) in [4.78, 5) is 11.3. The van der Waals surface area contributed by atoms with Gasteiger partial charge < -0.3 is 11.1 Å². The number of nitrogens with one attached hydrogen (secondary N) is 2. The topological polar surface area (TPSA) is 101 Å². The zero-order valence-corrected chi connectivity index (χ0v) is 11.2. The van der Waals surface area contributed by atoms with E-state index in [-0.39, 0.29) is 17.3 Å². The summed E-state index contributed by atoms with van der Waals surface area (Å²) in [6.07, 6.45) is 0. The molecule has 6 nitrogen and oxygen atoms in total. The summed E-state index contributed by atoms with van der Waals surface area (Å²) < 4.78 is 26.0. The van der Waals surface area contributed by atoms with Crippen LogP contribution in [0.3, 0.4) is 0 Å². The molecule has 1 amide bonds. The van der Waals surface area contributed by atoms with E-state index < -0.39 is 10.0 Å². The number of amides is 1. The number of sulfonamides is 1. The van der Waals surface area contributed by atoms with Gasteiger partial charge in [-0.1, -0.05) is 0 Å². The van der Waals surface area contributed by atoms with Crippen molar-refractivity contribution in [2.45, 2.75) is 18.7 Å². The fourth-order valence-corrected chi connectivity index (χ4v) is 2.56. The van der Waals surface area contributed by atoms with Gasteiger partial charge in [0.05, 0.1) is 11.4 Å². The Morgan fingerprint density at radius 2 is 2.00 bits per heavy atom. The van der Waals surface area contributed by atoms with Crippen molar-refractivity contribution in [3.63, 3.8) is 0 Å². The molecule has 1 rings (SSSR count). The van der Waals surface area contributed by atoms with Gasteiger partial charge in [-0.05, 0) is 37.6 Å². The van der Waals surface area contributed by atoms with Crippen LogP contribution in [0.1, 0.15) is 12.5 Å². The minimum atomic E-state index is -3.71. The molecule has 0 atom stereocenters. The lowest BCUT2D eigenvalue weighted by atomic mass is 10.2. The molecule has 7 heteroatoms. The number of carbonyl (C=O) groups is 1. The summed E-state index contributed by atoms with van der Waals surface area (Å²) in [5.41, 5.74) is 6.70. The van der Waals surface area contributed by atoms with Gasteiger partial charge in [-0.3, -0.25) is 4.79 Å². The zero-order valence-electron chi connectivity index (χ0n) is 10.4. The Labute approximate surface area is 107 Å². The van der Waals surface area contributed by atoms with Crippen LogP contribution < -0.4 is 15.8 Å². The quantitative estimate of drug-likeness (QED) is 0.656. The van der Waals surface area contributed by atoms with E-state index in [0.717, 1.165) is 5.56 Å². The van der Waals surface area contributed by atoms with Gasteiger partial charge in [0.1, 0.15) is 0 Å². The minimum Gasteiger partial charge on any atom is -0.399 e. The highest BCUT2D eigenvalue weighted by molar-refractivity contribution is 7.89. The second kappa shape index (κ2) is 5.83. The van der Waals surface area contributed by atoms with E-state index in [0.29, 0.717) is 12.2 Å². The first-order valence-electron chi connectivity index (χ1n) is 5.48. The van der Waals surface area contributed by atoms with Crippen LogP contribution in [0.5, 0.6) is 0 Å². The van der Waals surface area contributed by atoms with Crippen LogP contribution in [0.15, 0.2) is 23.1 Å². The predicted octanol–water partition coefficient (Wildman–Crippen LogP) is -0.00838. The molecular weight excluding hydrogens is 254 g/mol. The van der Waals surface area contributed by atoms with Crippen molar-refractivity contribution in [2.75, 3.05) is 18.8 Å². The molecule has 0 spiro atoms. The standard InChI is InChI=1S/C11H17N3O3S/c1-3-13-11(15)7-14-18(16,17)10-5-8(2)4-9(12)6-10/h4-6,14H,3,7,12H2,1-2H3,(H,13,15). The van der Waals surface area contributed by atoms with E-state index in [9.17, 15) is 13.2 Å². The molecule has 0 saturated carbocycles. The number of rotatable bonds is 5. The molecule has 0 heterocycles. The van der Waals surface area contributed by atoms with Gasteiger partial charge in [0.25, 0.3) is 0 Å². The van der Waals surface area contributed by atoms with Crippen molar-refractivity contribution in [2.24, 2.45) is 0 Å². The smallest absolute Gasteiger partial charge is 0.241 e. The van der Waals surface area contributed by atoms with Crippen LogP contribution in [0.4, 0.5) is 5.69 Å². The van der Waals surface area contributed by atoms with Crippen molar-refractivity contribution in [3.05, 3.63) is 23.8 Å². The van der Waals surface area contributed by atoms with Crippen molar-refractivity contribution >= 4 is 21.6 Å². The van der Waals surface area contributed by atoms with Crippen molar-refractivity contribution in [1.29, 1.82) is 0 Å². The van der Waals surface area contributed by atoms with E-state index in [4.69, 9.17) is 5.73 Å². The second-order valence-electron chi connectivity index (χ2n) is 3.86. The molecule has 100 valence electrons. The highest BCUT2D eigenvalue weighted by atomic mass is 32.2. The first-order valence-corrected chi connectivity index (χ1v) is 6.97. The number of nitrogens with two attached hydrogens (primary N) is 1. The number of hydrogen-bond donors (Lipinski definition) is 3. The third-order valence-corrected chi connectivity index (χ3v) is 3.56. The van der Waals surface area contributed by atoms with Gasteiger partial charge in [-0.15, -0.1) is 0 Å². The lowest BCUT2D eigenvalue weighted by molar-refractivity contribution is -0.119. The van der Waals surface area contributed by atoms with E-state index in [1.54, 1.807) is 19.9 Å². The Morgan fingerprint density at radius 3 is 2.56 bits per heavy atom. The van der Waals surface area contributed by atoms with Gasteiger partial charge in [-0.25, -0.2) is 13.1 Å². The Balaban J connectivity index is 2.83. The summed E-state index contributed by atoms with van der Waals surface area (Å²) in [7, 11) is -3.71. The molecule has 1 aromatic carbocycles. The first-order chi connectivity index (χ1) is 8.35. The maximum absolute atomic E-state index is 11.9. The predicted molar refractivity (Wildman–Crippen MR) is 69.5 cm³/mol. The van der Waals surface area contributed by atoms with Gasteiger partial charge in [-0.2, -0.15) is 0 Å². The van der Waals surface area contributed by atoms with Crippen LogP contribution in [-0.4, -0.2) is 27.4 Å². The van der Waals surface area contributed by atoms with Crippen LogP contribution in [0.25, 0.3) is 0 Å². The number of benzene rings is 1. The largest absolute Gasteiger partial charge is 0.399 e. The maximum atomic E-state index is 11.9. The summed E-state index contributed by atoms with van der Waals surface area (Å²) >= 11 is 0. The lowest BCUT2D eigenvalue weighted by Gasteiger charge is -2.08. The monoisotopic (exact) mass is 271 g/mol. The normalized spacial score (nSPS) is 11.2. The molecule has 18 heavy (non-hydrogen) atoms. The van der Waals surface area contributed by atoms with Gasteiger partial charge in [0.2, 0.25) is 15.9 Å². The molecule has 0 radical (unpaired) electrons. The average Bonchev–Trinajstić information content (AvgIpc) is 2.26. The molecule has 0 aliphatic carbocycles. The molecular formula is C11H17N3O3S. The van der Waals surface area contributed by atoms with E-state index in [1.165, 1.54) is 12.1 Å². The SMILES string of the molecule is CCNC(=O)CNS(=O)(=O)c1cc(C)cc(N)c1.